The van der Waals surface area contributed by atoms with Gasteiger partial charge in [0.05, 0.1) is 5.56 Å². The van der Waals surface area contributed by atoms with E-state index in [1.165, 1.54) is 27.8 Å². The monoisotopic (exact) mass is 430 g/mol. The lowest BCUT2D eigenvalue weighted by Gasteiger charge is -2.35. The third-order valence-corrected chi connectivity index (χ3v) is 7.06. The molecule has 0 bridgehead atoms. The maximum absolute atomic E-state index is 13.1. The fourth-order valence-corrected chi connectivity index (χ4v) is 4.85. The molecule has 1 fully saturated rings. The van der Waals surface area contributed by atoms with Crippen molar-refractivity contribution in [2.75, 3.05) is 31.1 Å². The van der Waals surface area contributed by atoms with Crippen molar-refractivity contribution in [1.29, 1.82) is 0 Å². The minimum Gasteiger partial charge on any atom is -0.451 e. The van der Waals surface area contributed by atoms with Crippen LogP contribution in [-0.2, 0) is 10.0 Å². The van der Waals surface area contributed by atoms with Crippen molar-refractivity contribution in [1.82, 2.24) is 14.5 Å². The van der Waals surface area contributed by atoms with E-state index >= 15 is 0 Å². The molecule has 0 unspecified atom stereocenters. The number of piperazine rings is 1. The van der Waals surface area contributed by atoms with Crippen LogP contribution < -0.4 is 4.90 Å². The lowest BCUT2D eigenvalue weighted by Crippen LogP contribution is -2.48. The van der Waals surface area contributed by atoms with Gasteiger partial charge in [-0.15, -0.1) is 10.2 Å². The standard InChI is InChI=1S/C21H26N4O4S/c1-14(2)20-22-23-21(29-20)17-12-19(28-13-17)30(26,27)25-9-7-24(8-10-25)18-11-15(3)5-6-16(18)4/h5-6,11-14H,7-10H2,1-4H3. The molecule has 0 atom stereocenters. The van der Waals surface area contributed by atoms with Gasteiger partial charge in [-0.2, -0.15) is 4.31 Å². The summed E-state index contributed by atoms with van der Waals surface area (Å²) in [5, 5.41) is 7.85. The van der Waals surface area contributed by atoms with Crippen molar-refractivity contribution in [3.8, 4) is 11.5 Å². The van der Waals surface area contributed by atoms with E-state index in [-0.39, 0.29) is 16.9 Å². The van der Waals surface area contributed by atoms with E-state index in [4.69, 9.17) is 8.83 Å². The Balaban J connectivity index is 1.48. The zero-order valence-corrected chi connectivity index (χ0v) is 18.4. The van der Waals surface area contributed by atoms with Gasteiger partial charge in [-0.25, -0.2) is 8.42 Å². The third kappa shape index (κ3) is 3.87. The zero-order chi connectivity index (χ0) is 21.5. The van der Waals surface area contributed by atoms with Crippen LogP contribution in [0.1, 0.15) is 36.8 Å². The highest BCUT2D eigenvalue weighted by Gasteiger charge is 2.32. The zero-order valence-electron chi connectivity index (χ0n) is 17.6. The fourth-order valence-electron chi connectivity index (χ4n) is 3.51. The van der Waals surface area contributed by atoms with E-state index < -0.39 is 10.0 Å². The van der Waals surface area contributed by atoms with Gasteiger partial charge in [0.25, 0.3) is 15.9 Å². The van der Waals surface area contributed by atoms with E-state index in [1.54, 1.807) is 0 Å². The van der Waals surface area contributed by atoms with Crippen LogP contribution in [0.3, 0.4) is 0 Å². The molecule has 0 amide bonds. The molecule has 0 radical (unpaired) electrons. The lowest BCUT2D eigenvalue weighted by atomic mass is 10.1. The predicted molar refractivity (Wildman–Crippen MR) is 113 cm³/mol. The average molecular weight is 431 g/mol. The molecule has 0 N–H and O–H groups in total. The summed E-state index contributed by atoms with van der Waals surface area (Å²) in [6, 6.07) is 7.78. The second kappa shape index (κ2) is 7.88. The first-order valence-corrected chi connectivity index (χ1v) is 11.4. The van der Waals surface area contributed by atoms with Gasteiger partial charge in [-0.05, 0) is 31.0 Å². The summed E-state index contributed by atoms with van der Waals surface area (Å²) >= 11 is 0. The minimum atomic E-state index is -3.73. The number of rotatable bonds is 5. The minimum absolute atomic E-state index is 0.0923. The maximum atomic E-state index is 13.1. The van der Waals surface area contributed by atoms with Crippen LogP contribution in [-0.4, -0.2) is 49.1 Å². The number of anilines is 1. The van der Waals surface area contributed by atoms with Gasteiger partial charge >= 0.3 is 0 Å². The van der Waals surface area contributed by atoms with Gasteiger partial charge < -0.3 is 13.7 Å². The molecule has 0 spiro atoms. The van der Waals surface area contributed by atoms with Gasteiger partial charge in [0.1, 0.15) is 6.26 Å². The van der Waals surface area contributed by atoms with Gasteiger partial charge in [0.2, 0.25) is 11.0 Å². The van der Waals surface area contributed by atoms with E-state index in [1.807, 2.05) is 13.8 Å². The molecule has 2 aromatic heterocycles. The Hall–Kier alpha value is -2.65. The smallest absolute Gasteiger partial charge is 0.276 e. The maximum Gasteiger partial charge on any atom is 0.276 e. The first-order valence-electron chi connectivity index (χ1n) is 10.0. The Kier molecular flexibility index (Phi) is 5.42. The molecule has 30 heavy (non-hydrogen) atoms. The Morgan fingerprint density at radius 3 is 2.43 bits per heavy atom. The lowest BCUT2D eigenvalue weighted by molar-refractivity contribution is 0.361. The number of hydrogen-bond acceptors (Lipinski definition) is 7. The molecule has 0 saturated carbocycles. The van der Waals surface area contributed by atoms with E-state index in [0.29, 0.717) is 37.6 Å². The summed E-state index contributed by atoms with van der Waals surface area (Å²) in [7, 11) is -3.73. The summed E-state index contributed by atoms with van der Waals surface area (Å²) in [5.41, 5.74) is 4.00. The summed E-state index contributed by atoms with van der Waals surface area (Å²) < 4.78 is 38.5. The van der Waals surface area contributed by atoms with Crippen molar-refractivity contribution >= 4 is 15.7 Å². The van der Waals surface area contributed by atoms with Gasteiger partial charge in [-0.1, -0.05) is 26.0 Å². The highest BCUT2D eigenvalue weighted by Crippen LogP contribution is 2.29. The van der Waals surface area contributed by atoms with Crippen LogP contribution in [0.15, 0.2) is 44.5 Å². The third-order valence-electron chi connectivity index (χ3n) is 5.29. The number of hydrogen-bond donors (Lipinski definition) is 0. The average Bonchev–Trinajstić information content (AvgIpc) is 3.40. The van der Waals surface area contributed by atoms with Crippen molar-refractivity contribution < 1.29 is 17.3 Å². The van der Waals surface area contributed by atoms with Gasteiger partial charge in [0.15, 0.2) is 0 Å². The Morgan fingerprint density at radius 1 is 1.03 bits per heavy atom. The van der Waals surface area contributed by atoms with Crippen LogP contribution in [0.25, 0.3) is 11.5 Å². The number of benzene rings is 1. The SMILES string of the molecule is Cc1ccc(C)c(N2CCN(S(=O)(=O)c3cc(-c4nnc(C(C)C)o4)co3)CC2)c1. The van der Waals surface area contributed by atoms with E-state index in [9.17, 15) is 8.42 Å². The Labute approximate surface area is 176 Å². The molecule has 1 saturated heterocycles. The Morgan fingerprint density at radius 2 is 1.77 bits per heavy atom. The highest BCUT2D eigenvalue weighted by molar-refractivity contribution is 7.89. The molecule has 160 valence electrons. The van der Waals surface area contributed by atoms with Crippen LogP contribution in [0.5, 0.6) is 0 Å². The summed E-state index contributed by atoms with van der Waals surface area (Å²) in [6.07, 6.45) is 1.34. The highest BCUT2D eigenvalue weighted by atomic mass is 32.2. The second-order valence-corrected chi connectivity index (χ2v) is 9.80. The van der Waals surface area contributed by atoms with Gasteiger partial charge in [-0.3, -0.25) is 0 Å². The molecule has 8 nitrogen and oxygen atoms in total. The van der Waals surface area contributed by atoms with E-state index in [0.717, 1.165) is 5.69 Å². The molecule has 9 heteroatoms. The van der Waals surface area contributed by atoms with Crippen LogP contribution >= 0.6 is 0 Å². The first-order chi connectivity index (χ1) is 14.3. The summed E-state index contributed by atoms with van der Waals surface area (Å²) in [6.45, 7) is 10.1. The van der Waals surface area contributed by atoms with E-state index in [2.05, 4.69) is 47.1 Å². The fraction of sp³-hybridized carbons (Fsp3) is 0.429. The van der Waals surface area contributed by atoms with Crippen molar-refractivity contribution in [2.45, 2.75) is 38.7 Å². The normalized spacial score (nSPS) is 15.8. The second-order valence-electron chi connectivity index (χ2n) is 7.94. The summed E-state index contributed by atoms with van der Waals surface area (Å²) in [5.74, 6) is 0.844. The predicted octanol–water partition coefficient (Wildman–Crippen LogP) is 3.58. The number of aryl methyl sites for hydroxylation is 2. The first kappa shape index (κ1) is 20.6. The number of furan rings is 1. The molecule has 3 heterocycles. The molecule has 0 aliphatic carbocycles. The van der Waals surface area contributed by atoms with Crippen LogP contribution in [0, 0.1) is 13.8 Å². The Bertz CT molecular complexity index is 1140. The quantitative estimate of drug-likeness (QED) is 0.611. The number of nitrogens with zero attached hydrogens (tertiary/aromatic N) is 4. The molecule has 1 aromatic carbocycles. The number of sulfonamides is 1. The molecule has 1 aliphatic heterocycles. The van der Waals surface area contributed by atoms with Crippen LogP contribution in [0.4, 0.5) is 5.69 Å². The van der Waals surface area contributed by atoms with Crippen molar-refractivity contribution in [2.24, 2.45) is 0 Å². The molecule has 4 rings (SSSR count). The molecule has 1 aliphatic rings. The molecular formula is C21H26N4O4S. The van der Waals surface area contributed by atoms with Gasteiger partial charge in [0, 0.05) is 43.9 Å². The molecular weight excluding hydrogens is 404 g/mol. The topological polar surface area (TPSA) is 92.7 Å². The number of aromatic nitrogens is 2. The summed E-state index contributed by atoms with van der Waals surface area (Å²) in [4.78, 5) is 2.23. The van der Waals surface area contributed by atoms with Crippen molar-refractivity contribution in [3.63, 3.8) is 0 Å². The molecule has 3 aromatic rings. The largest absolute Gasteiger partial charge is 0.451 e. The van der Waals surface area contributed by atoms with Crippen LogP contribution in [0.2, 0.25) is 0 Å². The van der Waals surface area contributed by atoms with Crippen molar-refractivity contribution in [3.05, 3.63) is 47.5 Å².